The van der Waals surface area contributed by atoms with Crippen molar-refractivity contribution in [3.05, 3.63) is 23.8 Å². The third-order valence-electron chi connectivity index (χ3n) is 2.85. The largest absolute Gasteiger partial charge is 0.283 e. The summed E-state index contributed by atoms with van der Waals surface area (Å²) in [6.07, 6.45) is 1.06. The van der Waals surface area contributed by atoms with E-state index in [-0.39, 0.29) is 16.3 Å². The lowest BCUT2D eigenvalue weighted by atomic mass is 10.2. The van der Waals surface area contributed by atoms with E-state index in [1.54, 1.807) is 13.0 Å². The Hall–Kier alpha value is -0.830. The molecule has 9 heteroatoms. The third kappa shape index (κ3) is 5.46. The molecular weight excluding hydrogens is 336 g/mol. The van der Waals surface area contributed by atoms with Crippen molar-refractivity contribution in [3.63, 3.8) is 0 Å². The zero-order valence-electron chi connectivity index (χ0n) is 11.9. The van der Waals surface area contributed by atoms with Crippen LogP contribution in [0.3, 0.4) is 0 Å². The molecule has 1 aromatic carbocycles. The van der Waals surface area contributed by atoms with E-state index in [0.29, 0.717) is 24.3 Å². The van der Waals surface area contributed by atoms with Crippen LogP contribution in [-0.2, 0) is 20.0 Å². The molecule has 0 saturated carbocycles. The van der Waals surface area contributed by atoms with Crippen LogP contribution in [0.2, 0.25) is 0 Å². The molecule has 0 aliphatic carbocycles. The van der Waals surface area contributed by atoms with E-state index < -0.39 is 20.0 Å². The first-order valence-electron chi connectivity index (χ1n) is 6.32. The number of hydrogen-bond donors (Lipinski definition) is 2. The number of halogens is 1. The average molecular weight is 355 g/mol. The molecule has 2 N–H and O–H groups in total. The summed E-state index contributed by atoms with van der Waals surface area (Å²) in [5.74, 6) is 0.354. The van der Waals surface area contributed by atoms with Crippen molar-refractivity contribution in [3.8, 4) is 0 Å². The average Bonchev–Trinajstić information content (AvgIpc) is 2.41. The van der Waals surface area contributed by atoms with E-state index in [4.69, 9.17) is 11.6 Å². The molecule has 0 unspecified atom stereocenters. The van der Waals surface area contributed by atoms with E-state index in [2.05, 4.69) is 9.44 Å². The fourth-order valence-electron chi connectivity index (χ4n) is 1.60. The molecule has 0 aliphatic rings. The zero-order chi connectivity index (χ0) is 16.1. The quantitative estimate of drug-likeness (QED) is 0.548. The molecule has 0 radical (unpaired) electrons. The van der Waals surface area contributed by atoms with Gasteiger partial charge in [0.25, 0.3) is 0 Å². The van der Waals surface area contributed by atoms with Gasteiger partial charge in [-0.25, -0.2) is 21.6 Å². The summed E-state index contributed by atoms with van der Waals surface area (Å²) in [7, 11) is -5.84. The van der Waals surface area contributed by atoms with Gasteiger partial charge in [0.2, 0.25) is 20.0 Å². The van der Waals surface area contributed by atoms with Crippen molar-refractivity contribution in [1.29, 1.82) is 0 Å². The van der Waals surface area contributed by atoms with Crippen LogP contribution in [0, 0.1) is 6.92 Å². The zero-order valence-corrected chi connectivity index (χ0v) is 14.3. The van der Waals surface area contributed by atoms with Gasteiger partial charge in [-0.1, -0.05) is 6.07 Å². The van der Waals surface area contributed by atoms with Gasteiger partial charge in [-0.05, 0) is 44.5 Å². The molecule has 0 atom stereocenters. The first-order valence-corrected chi connectivity index (χ1v) is 9.99. The second-order valence-electron chi connectivity index (χ2n) is 4.50. The molecule has 0 saturated heterocycles. The summed E-state index contributed by atoms with van der Waals surface area (Å²) in [6.45, 7) is 1.70. The number of nitrogens with one attached hydrogen (secondary N) is 2. The highest BCUT2D eigenvalue weighted by Gasteiger charge is 2.16. The van der Waals surface area contributed by atoms with Crippen molar-refractivity contribution in [1.82, 2.24) is 4.72 Å². The summed E-state index contributed by atoms with van der Waals surface area (Å²) in [5.41, 5.74) is 0.906. The second kappa shape index (κ2) is 7.44. The molecule has 0 heterocycles. The molecule has 0 fully saturated rings. The van der Waals surface area contributed by atoms with Crippen LogP contribution in [0.5, 0.6) is 0 Å². The van der Waals surface area contributed by atoms with Crippen LogP contribution in [0.15, 0.2) is 23.1 Å². The van der Waals surface area contributed by atoms with Gasteiger partial charge in [0.15, 0.2) is 0 Å². The maximum Gasteiger partial charge on any atom is 0.240 e. The number of aryl methyl sites for hydroxylation is 1. The van der Waals surface area contributed by atoms with Gasteiger partial charge < -0.3 is 0 Å². The van der Waals surface area contributed by atoms with E-state index in [0.717, 1.165) is 0 Å². The number of benzene rings is 1. The Labute approximate surface area is 131 Å². The standard InChI is InChI=1S/C12H19ClN2O4S2/c1-10-5-6-11(21(18,19)14-2)9-12(10)15-20(16,17)8-4-3-7-13/h5-6,9,14-15H,3-4,7-8H2,1-2H3. The van der Waals surface area contributed by atoms with Crippen molar-refractivity contribution in [2.45, 2.75) is 24.7 Å². The van der Waals surface area contributed by atoms with Crippen LogP contribution in [-0.4, -0.2) is 35.5 Å². The number of unbranched alkanes of at least 4 members (excludes halogenated alkanes) is 1. The molecule has 21 heavy (non-hydrogen) atoms. The lowest BCUT2D eigenvalue weighted by Gasteiger charge is -2.12. The van der Waals surface area contributed by atoms with Crippen molar-refractivity contribution in [2.24, 2.45) is 0 Å². The summed E-state index contributed by atoms with van der Waals surface area (Å²) >= 11 is 5.51. The van der Waals surface area contributed by atoms with Crippen LogP contribution in [0.1, 0.15) is 18.4 Å². The fraction of sp³-hybridized carbons (Fsp3) is 0.500. The van der Waals surface area contributed by atoms with Gasteiger partial charge in [0.1, 0.15) is 0 Å². The predicted octanol–water partition coefficient (Wildman–Crippen LogP) is 1.66. The summed E-state index contributed by atoms with van der Waals surface area (Å²) < 4.78 is 52.0. The van der Waals surface area contributed by atoms with Gasteiger partial charge in [-0.2, -0.15) is 0 Å². The smallest absolute Gasteiger partial charge is 0.240 e. The molecule has 0 bridgehead atoms. The van der Waals surface area contributed by atoms with E-state index in [1.165, 1.54) is 19.2 Å². The van der Waals surface area contributed by atoms with Crippen LogP contribution < -0.4 is 9.44 Å². The topological polar surface area (TPSA) is 92.3 Å². The Bertz CT molecular complexity index is 687. The maximum atomic E-state index is 11.9. The van der Waals surface area contributed by atoms with Gasteiger partial charge in [-0.15, -0.1) is 11.6 Å². The van der Waals surface area contributed by atoms with E-state index in [9.17, 15) is 16.8 Å². The Morgan fingerprint density at radius 1 is 1.14 bits per heavy atom. The molecule has 1 aromatic rings. The van der Waals surface area contributed by atoms with Crippen LogP contribution in [0.4, 0.5) is 5.69 Å². The Morgan fingerprint density at radius 2 is 1.81 bits per heavy atom. The summed E-state index contributed by atoms with van der Waals surface area (Å²) in [5, 5.41) is 0. The minimum atomic E-state index is -3.62. The SMILES string of the molecule is CNS(=O)(=O)c1ccc(C)c(NS(=O)(=O)CCCCCl)c1. The normalized spacial score (nSPS) is 12.3. The maximum absolute atomic E-state index is 11.9. The Balaban J connectivity index is 3.01. The molecule has 120 valence electrons. The molecule has 0 aliphatic heterocycles. The molecule has 0 spiro atoms. The van der Waals surface area contributed by atoms with Crippen LogP contribution >= 0.6 is 11.6 Å². The van der Waals surface area contributed by atoms with Gasteiger partial charge in [0, 0.05) is 5.88 Å². The van der Waals surface area contributed by atoms with Gasteiger partial charge in [-0.3, -0.25) is 4.72 Å². The monoisotopic (exact) mass is 354 g/mol. The fourth-order valence-corrected chi connectivity index (χ4v) is 3.79. The molecule has 6 nitrogen and oxygen atoms in total. The lowest BCUT2D eigenvalue weighted by molar-refractivity contribution is 0.587. The third-order valence-corrected chi connectivity index (χ3v) is 5.89. The molecule has 0 amide bonds. The van der Waals surface area contributed by atoms with Gasteiger partial charge >= 0.3 is 0 Å². The second-order valence-corrected chi connectivity index (χ2v) is 8.61. The van der Waals surface area contributed by atoms with E-state index in [1.807, 2.05) is 0 Å². The summed E-state index contributed by atoms with van der Waals surface area (Å²) in [4.78, 5) is 0.00839. The first kappa shape index (κ1) is 18.2. The minimum Gasteiger partial charge on any atom is -0.283 e. The van der Waals surface area contributed by atoms with Gasteiger partial charge in [0.05, 0.1) is 16.3 Å². The number of rotatable bonds is 8. The first-order chi connectivity index (χ1) is 9.72. The molecule has 1 rings (SSSR count). The van der Waals surface area contributed by atoms with Crippen molar-refractivity contribution >= 4 is 37.3 Å². The number of sulfonamides is 2. The summed E-state index contributed by atoms with van der Waals surface area (Å²) in [6, 6.07) is 4.29. The minimum absolute atomic E-state index is 0.00839. The predicted molar refractivity (Wildman–Crippen MR) is 84.8 cm³/mol. The number of alkyl halides is 1. The lowest BCUT2D eigenvalue weighted by Crippen LogP contribution is -2.20. The number of anilines is 1. The molecule has 0 aromatic heterocycles. The van der Waals surface area contributed by atoms with Crippen LogP contribution in [0.25, 0.3) is 0 Å². The highest BCUT2D eigenvalue weighted by molar-refractivity contribution is 7.92. The number of hydrogen-bond acceptors (Lipinski definition) is 4. The Kier molecular flexibility index (Phi) is 6.45. The van der Waals surface area contributed by atoms with Crippen molar-refractivity contribution in [2.75, 3.05) is 23.4 Å². The highest BCUT2D eigenvalue weighted by Crippen LogP contribution is 2.21. The Morgan fingerprint density at radius 3 is 2.38 bits per heavy atom. The van der Waals surface area contributed by atoms with Crippen molar-refractivity contribution < 1.29 is 16.8 Å². The van der Waals surface area contributed by atoms with E-state index >= 15 is 0 Å². The highest BCUT2D eigenvalue weighted by atomic mass is 35.5. The molecular formula is C12H19ClN2O4S2.